The molecule has 2 aromatic carbocycles. The second-order valence-corrected chi connectivity index (χ2v) is 7.75. The van der Waals surface area contributed by atoms with Crippen LogP contribution in [0.3, 0.4) is 0 Å². The van der Waals surface area contributed by atoms with Gasteiger partial charge in [0.2, 0.25) is 0 Å². The zero-order chi connectivity index (χ0) is 25.5. The van der Waals surface area contributed by atoms with Gasteiger partial charge in [0.25, 0.3) is 17.2 Å². The molecule has 0 saturated heterocycles. The highest BCUT2D eigenvalue weighted by molar-refractivity contribution is 5.77. The molecule has 4 rings (SSSR count). The van der Waals surface area contributed by atoms with E-state index in [0.717, 1.165) is 11.3 Å². The summed E-state index contributed by atoms with van der Waals surface area (Å²) in [6.07, 6.45) is 2.85. The highest BCUT2D eigenvalue weighted by Gasteiger charge is 2.12. The maximum Gasteiger partial charge on any atom is 0.269 e. The van der Waals surface area contributed by atoms with E-state index in [1.807, 2.05) is 6.92 Å². The van der Waals surface area contributed by atoms with E-state index >= 15 is 0 Å². The first-order chi connectivity index (χ1) is 17.4. The second kappa shape index (κ2) is 11.1. The molecular formula is C24H24N6O6. The number of rotatable bonds is 11. The number of ether oxygens (including phenoxy) is 2. The topological polar surface area (TPSA) is 143 Å². The number of nitrogens with zero attached hydrogens (tertiary/aromatic N) is 5. The van der Waals surface area contributed by atoms with E-state index in [-0.39, 0.29) is 36.9 Å². The van der Waals surface area contributed by atoms with Crippen molar-refractivity contribution in [2.75, 3.05) is 19.8 Å². The summed E-state index contributed by atoms with van der Waals surface area (Å²) in [5, 5.41) is 18.1. The fourth-order valence-corrected chi connectivity index (χ4v) is 3.49. The number of carbonyl (C=O) groups is 1. The molecule has 0 radical (unpaired) electrons. The molecule has 1 N–H and O–H groups in total. The summed E-state index contributed by atoms with van der Waals surface area (Å²) in [6, 6.07) is 13.0. The van der Waals surface area contributed by atoms with Crippen LogP contribution in [0.2, 0.25) is 0 Å². The second-order valence-electron chi connectivity index (χ2n) is 7.75. The van der Waals surface area contributed by atoms with Crippen LogP contribution in [0.4, 0.5) is 5.69 Å². The van der Waals surface area contributed by atoms with Crippen LogP contribution in [0.15, 0.2) is 65.8 Å². The Balaban J connectivity index is 1.31. The van der Waals surface area contributed by atoms with Crippen LogP contribution in [-0.2, 0) is 17.9 Å². The molecule has 0 spiro atoms. The standard InChI is InChI=1S/C24H24N6O6/c1-2-35-19-7-9-20(10-8-19)36-15-22(31)25-11-12-29-23-21(13-27-29)24(32)28(16-26-23)14-17-3-5-18(6-4-17)30(33)34/h3-10,13,16H,2,11-12,14-15H2,1H3,(H,25,31). The number of amides is 1. The lowest BCUT2D eigenvalue weighted by Crippen LogP contribution is -2.31. The van der Waals surface area contributed by atoms with Crippen LogP contribution < -0.4 is 20.3 Å². The molecule has 1 amide bonds. The van der Waals surface area contributed by atoms with Crippen molar-refractivity contribution in [3.63, 3.8) is 0 Å². The minimum atomic E-state index is -0.477. The van der Waals surface area contributed by atoms with E-state index in [2.05, 4.69) is 15.4 Å². The Morgan fingerprint density at radius 1 is 1.08 bits per heavy atom. The Morgan fingerprint density at radius 2 is 1.78 bits per heavy atom. The molecule has 0 fully saturated rings. The van der Waals surface area contributed by atoms with Gasteiger partial charge in [0.05, 0.1) is 30.8 Å². The number of fused-ring (bicyclic) bond motifs is 1. The number of nitro benzene ring substituents is 1. The molecule has 0 atom stereocenters. The summed E-state index contributed by atoms with van der Waals surface area (Å²) >= 11 is 0. The van der Waals surface area contributed by atoms with Gasteiger partial charge in [-0.2, -0.15) is 5.10 Å². The number of nitrogens with one attached hydrogen (secondary N) is 1. The average Bonchev–Trinajstić information content (AvgIpc) is 3.29. The third-order valence-corrected chi connectivity index (χ3v) is 5.27. The minimum Gasteiger partial charge on any atom is -0.494 e. The molecular weight excluding hydrogens is 468 g/mol. The number of aromatic nitrogens is 4. The highest BCUT2D eigenvalue weighted by Crippen LogP contribution is 2.17. The van der Waals surface area contributed by atoms with E-state index < -0.39 is 4.92 Å². The predicted octanol–water partition coefficient (Wildman–Crippen LogP) is 2.14. The van der Waals surface area contributed by atoms with Gasteiger partial charge in [-0.3, -0.25) is 24.3 Å². The fourth-order valence-electron chi connectivity index (χ4n) is 3.49. The normalized spacial score (nSPS) is 10.8. The molecule has 36 heavy (non-hydrogen) atoms. The van der Waals surface area contributed by atoms with Crippen LogP contribution in [0.25, 0.3) is 11.0 Å². The quantitative estimate of drug-likeness (QED) is 0.248. The highest BCUT2D eigenvalue weighted by atomic mass is 16.6. The predicted molar refractivity (Wildman–Crippen MR) is 130 cm³/mol. The monoisotopic (exact) mass is 492 g/mol. The third kappa shape index (κ3) is 5.84. The van der Waals surface area contributed by atoms with Gasteiger partial charge in [-0.25, -0.2) is 9.67 Å². The molecule has 0 unspecified atom stereocenters. The van der Waals surface area contributed by atoms with Crippen molar-refractivity contribution in [3.05, 3.63) is 87.1 Å². The van der Waals surface area contributed by atoms with Gasteiger partial charge < -0.3 is 14.8 Å². The van der Waals surface area contributed by atoms with Gasteiger partial charge in [0, 0.05) is 18.7 Å². The lowest BCUT2D eigenvalue weighted by Gasteiger charge is -2.09. The number of benzene rings is 2. The number of non-ortho nitro benzene ring substituents is 1. The Hall–Kier alpha value is -4.74. The lowest BCUT2D eigenvalue weighted by molar-refractivity contribution is -0.384. The Bertz CT molecular complexity index is 1410. The molecule has 0 aliphatic rings. The van der Waals surface area contributed by atoms with E-state index in [1.165, 1.54) is 29.2 Å². The molecule has 186 valence electrons. The van der Waals surface area contributed by atoms with E-state index in [0.29, 0.717) is 29.9 Å². The Kier molecular flexibility index (Phi) is 7.54. The van der Waals surface area contributed by atoms with Gasteiger partial charge in [0.15, 0.2) is 12.3 Å². The summed E-state index contributed by atoms with van der Waals surface area (Å²) in [6.45, 7) is 3.14. The molecule has 4 aromatic rings. The van der Waals surface area contributed by atoms with E-state index in [4.69, 9.17) is 9.47 Å². The number of hydrogen-bond acceptors (Lipinski definition) is 8. The van der Waals surface area contributed by atoms with Gasteiger partial charge in [-0.05, 0) is 36.8 Å². The Labute approximate surface area is 205 Å². The summed E-state index contributed by atoms with van der Waals surface area (Å²) < 4.78 is 13.8. The smallest absolute Gasteiger partial charge is 0.269 e. The first-order valence-corrected chi connectivity index (χ1v) is 11.2. The molecule has 0 aliphatic carbocycles. The van der Waals surface area contributed by atoms with Crippen LogP contribution in [0.1, 0.15) is 12.5 Å². The molecule has 0 aliphatic heterocycles. The summed E-state index contributed by atoms with van der Waals surface area (Å²) in [5.41, 5.74) is 0.833. The van der Waals surface area contributed by atoms with Crippen molar-refractivity contribution in [3.8, 4) is 11.5 Å². The van der Waals surface area contributed by atoms with E-state index in [1.54, 1.807) is 41.1 Å². The van der Waals surface area contributed by atoms with Crippen molar-refractivity contribution in [1.82, 2.24) is 24.6 Å². The van der Waals surface area contributed by atoms with Gasteiger partial charge in [-0.1, -0.05) is 12.1 Å². The SMILES string of the molecule is CCOc1ccc(OCC(=O)NCCn2ncc3c(=O)n(Cc4ccc([N+](=O)[O-])cc4)cnc32)cc1. The van der Waals surface area contributed by atoms with Crippen molar-refractivity contribution < 1.29 is 19.2 Å². The van der Waals surface area contributed by atoms with Crippen molar-refractivity contribution >= 4 is 22.6 Å². The average molecular weight is 492 g/mol. The lowest BCUT2D eigenvalue weighted by atomic mass is 10.2. The summed E-state index contributed by atoms with van der Waals surface area (Å²) in [7, 11) is 0. The van der Waals surface area contributed by atoms with Crippen LogP contribution in [0.5, 0.6) is 11.5 Å². The molecule has 0 saturated carbocycles. The largest absolute Gasteiger partial charge is 0.494 e. The third-order valence-electron chi connectivity index (χ3n) is 5.27. The maximum absolute atomic E-state index is 12.8. The fraction of sp³-hybridized carbons (Fsp3) is 0.250. The molecule has 2 aromatic heterocycles. The Morgan fingerprint density at radius 3 is 2.44 bits per heavy atom. The van der Waals surface area contributed by atoms with Gasteiger partial charge in [0.1, 0.15) is 23.2 Å². The van der Waals surface area contributed by atoms with E-state index in [9.17, 15) is 19.7 Å². The van der Waals surface area contributed by atoms with Crippen molar-refractivity contribution in [2.45, 2.75) is 20.0 Å². The first kappa shape index (κ1) is 24.4. The molecule has 0 bridgehead atoms. The minimum absolute atomic E-state index is 0.0178. The zero-order valence-corrected chi connectivity index (χ0v) is 19.5. The molecule has 12 nitrogen and oxygen atoms in total. The van der Waals surface area contributed by atoms with Gasteiger partial charge in [-0.15, -0.1) is 0 Å². The number of nitro groups is 1. The maximum atomic E-state index is 12.8. The summed E-state index contributed by atoms with van der Waals surface area (Å²) in [4.78, 5) is 39.6. The van der Waals surface area contributed by atoms with Crippen molar-refractivity contribution in [2.24, 2.45) is 0 Å². The number of hydrogen-bond donors (Lipinski definition) is 1. The van der Waals surface area contributed by atoms with Gasteiger partial charge >= 0.3 is 0 Å². The van der Waals surface area contributed by atoms with Crippen LogP contribution in [0, 0.1) is 10.1 Å². The molecule has 2 heterocycles. The summed E-state index contributed by atoms with van der Waals surface area (Å²) in [5.74, 6) is 0.993. The van der Waals surface area contributed by atoms with Crippen molar-refractivity contribution in [1.29, 1.82) is 0 Å². The number of carbonyl (C=O) groups excluding carboxylic acids is 1. The van der Waals surface area contributed by atoms with Crippen LogP contribution >= 0.6 is 0 Å². The first-order valence-electron chi connectivity index (χ1n) is 11.2. The van der Waals surface area contributed by atoms with Crippen LogP contribution in [-0.4, -0.2) is 49.9 Å². The zero-order valence-electron chi connectivity index (χ0n) is 19.5. The molecule has 12 heteroatoms.